The molecule has 0 saturated carbocycles. The number of nitrogens with two attached hydrogens (primary N) is 2. The lowest BCUT2D eigenvalue weighted by Crippen LogP contribution is -2.33. The molecule has 4 N–H and O–H groups in total. The monoisotopic (exact) mass is 204 g/mol. The third kappa shape index (κ3) is 2.58. The summed E-state index contributed by atoms with van der Waals surface area (Å²) in [6.45, 7) is 0.609. The molecule has 2 atom stereocenters. The molecule has 1 aromatic carbocycles. The van der Waals surface area contributed by atoms with E-state index in [2.05, 4.69) is 24.3 Å². The van der Waals surface area contributed by atoms with E-state index in [0.717, 1.165) is 12.3 Å². The molecular weight excluding hydrogens is 184 g/mol. The van der Waals surface area contributed by atoms with Gasteiger partial charge in [0.2, 0.25) is 0 Å². The van der Waals surface area contributed by atoms with Crippen LogP contribution in [0.3, 0.4) is 0 Å². The van der Waals surface area contributed by atoms with Gasteiger partial charge in [0, 0.05) is 12.6 Å². The summed E-state index contributed by atoms with van der Waals surface area (Å²) >= 11 is 0. The summed E-state index contributed by atoms with van der Waals surface area (Å²) in [6.07, 6.45) is 4.73. The van der Waals surface area contributed by atoms with Gasteiger partial charge >= 0.3 is 0 Å². The van der Waals surface area contributed by atoms with E-state index < -0.39 is 0 Å². The Morgan fingerprint density at radius 2 is 2.00 bits per heavy atom. The fourth-order valence-corrected chi connectivity index (χ4v) is 2.50. The van der Waals surface area contributed by atoms with Gasteiger partial charge in [-0.25, -0.2) is 0 Å². The summed E-state index contributed by atoms with van der Waals surface area (Å²) in [5.74, 6) is 0.735. The summed E-state index contributed by atoms with van der Waals surface area (Å²) in [6, 6.07) is 8.93. The van der Waals surface area contributed by atoms with Crippen molar-refractivity contribution < 1.29 is 0 Å². The highest BCUT2D eigenvalue weighted by Gasteiger charge is 2.19. The minimum atomic E-state index is 0.181. The molecule has 0 heterocycles. The van der Waals surface area contributed by atoms with Gasteiger partial charge in [0.1, 0.15) is 0 Å². The van der Waals surface area contributed by atoms with Crippen LogP contribution in [0.25, 0.3) is 0 Å². The van der Waals surface area contributed by atoms with Gasteiger partial charge in [-0.1, -0.05) is 24.3 Å². The van der Waals surface area contributed by atoms with Crippen LogP contribution < -0.4 is 11.5 Å². The highest BCUT2D eigenvalue weighted by molar-refractivity contribution is 5.29. The first-order chi connectivity index (χ1) is 7.29. The third-order valence-corrected chi connectivity index (χ3v) is 3.39. The van der Waals surface area contributed by atoms with Gasteiger partial charge in [-0.05, 0) is 42.7 Å². The van der Waals surface area contributed by atoms with Crippen molar-refractivity contribution in [3.63, 3.8) is 0 Å². The van der Waals surface area contributed by atoms with E-state index in [9.17, 15) is 0 Å². The molecule has 0 bridgehead atoms. The molecule has 0 saturated heterocycles. The molecule has 1 aromatic rings. The zero-order valence-corrected chi connectivity index (χ0v) is 9.15. The van der Waals surface area contributed by atoms with Crippen molar-refractivity contribution in [1.82, 2.24) is 0 Å². The molecule has 2 nitrogen and oxygen atoms in total. The summed E-state index contributed by atoms with van der Waals surface area (Å²) < 4.78 is 0. The lowest BCUT2D eigenvalue weighted by atomic mass is 9.81. The molecule has 0 aliphatic heterocycles. The van der Waals surface area contributed by atoms with Crippen molar-refractivity contribution in [2.45, 2.75) is 31.7 Å². The first kappa shape index (κ1) is 10.7. The predicted molar refractivity (Wildman–Crippen MR) is 63.6 cm³/mol. The van der Waals surface area contributed by atoms with E-state index in [4.69, 9.17) is 11.5 Å². The van der Waals surface area contributed by atoms with Crippen LogP contribution in [0.1, 0.15) is 24.0 Å². The van der Waals surface area contributed by atoms with Gasteiger partial charge in [0.05, 0.1) is 0 Å². The van der Waals surface area contributed by atoms with Crippen LogP contribution >= 0.6 is 0 Å². The van der Waals surface area contributed by atoms with E-state index in [1.165, 1.54) is 30.4 Å². The largest absolute Gasteiger partial charge is 0.329 e. The average Bonchev–Trinajstić information content (AvgIpc) is 2.29. The van der Waals surface area contributed by atoms with E-state index in [-0.39, 0.29) is 6.04 Å². The Hall–Kier alpha value is -0.860. The van der Waals surface area contributed by atoms with Crippen molar-refractivity contribution in [3.05, 3.63) is 35.4 Å². The zero-order valence-electron chi connectivity index (χ0n) is 9.15. The molecule has 1 aliphatic carbocycles. The second-order valence-electron chi connectivity index (χ2n) is 4.61. The summed E-state index contributed by atoms with van der Waals surface area (Å²) in [7, 11) is 0. The summed E-state index contributed by atoms with van der Waals surface area (Å²) in [4.78, 5) is 0. The Balaban J connectivity index is 1.99. The van der Waals surface area contributed by atoms with Gasteiger partial charge in [-0.15, -0.1) is 0 Å². The number of aryl methyl sites for hydroxylation is 1. The molecule has 0 aromatic heterocycles. The quantitative estimate of drug-likeness (QED) is 0.783. The van der Waals surface area contributed by atoms with E-state index in [0.29, 0.717) is 6.54 Å². The summed E-state index contributed by atoms with van der Waals surface area (Å²) in [5, 5.41) is 0. The smallest absolute Gasteiger partial charge is 0.0165 e. The van der Waals surface area contributed by atoms with Crippen molar-refractivity contribution in [2.24, 2.45) is 17.4 Å². The van der Waals surface area contributed by atoms with E-state index in [1.54, 1.807) is 0 Å². The SMILES string of the molecule is NCC(N)CC1CCc2ccccc2C1. The van der Waals surface area contributed by atoms with Crippen LogP contribution in [0, 0.1) is 5.92 Å². The molecule has 82 valence electrons. The van der Waals surface area contributed by atoms with E-state index >= 15 is 0 Å². The normalized spacial score (nSPS) is 22.1. The molecule has 1 aliphatic rings. The molecular formula is C13H20N2. The van der Waals surface area contributed by atoms with E-state index in [1.807, 2.05) is 0 Å². The van der Waals surface area contributed by atoms with Crippen LogP contribution in [0.15, 0.2) is 24.3 Å². The Morgan fingerprint density at radius 3 is 2.73 bits per heavy atom. The van der Waals surface area contributed by atoms with Gasteiger partial charge in [0.15, 0.2) is 0 Å². The average molecular weight is 204 g/mol. The molecule has 2 rings (SSSR count). The Labute approximate surface area is 91.7 Å². The molecule has 0 fully saturated rings. The minimum Gasteiger partial charge on any atom is -0.329 e. The highest BCUT2D eigenvalue weighted by atomic mass is 14.7. The number of hydrogen-bond donors (Lipinski definition) is 2. The van der Waals surface area contributed by atoms with Crippen molar-refractivity contribution in [3.8, 4) is 0 Å². The molecule has 0 spiro atoms. The van der Waals surface area contributed by atoms with Gasteiger partial charge in [0.25, 0.3) is 0 Å². The van der Waals surface area contributed by atoms with Crippen LogP contribution in [0.5, 0.6) is 0 Å². The minimum absolute atomic E-state index is 0.181. The number of fused-ring (bicyclic) bond motifs is 1. The molecule has 2 heteroatoms. The van der Waals surface area contributed by atoms with Crippen LogP contribution in [0.4, 0.5) is 0 Å². The Bertz CT molecular complexity index is 322. The lowest BCUT2D eigenvalue weighted by molar-refractivity contribution is 0.391. The molecule has 2 unspecified atom stereocenters. The highest BCUT2D eigenvalue weighted by Crippen LogP contribution is 2.27. The maximum atomic E-state index is 5.90. The topological polar surface area (TPSA) is 52.0 Å². The van der Waals surface area contributed by atoms with Crippen molar-refractivity contribution in [2.75, 3.05) is 6.54 Å². The third-order valence-electron chi connectivity index (χ3n) is 3.39. The van der Waals surface area contributed by atoms with Crippen LogP contribution in [-0.2, 0) is 12.8 Å². The lowest BCUT2D eigenvalue weighted by Gasteiger charge is -2.26. The fraction of sp³-hybridized carbons (Fsp3) is 0.538. The van der Waals surface area contributed by atoms with Crippen molar-refractivity contribution in [1.29, 1.82) is 0 Å². The summed E-state index contributed by atoms with van der Waals surface area (Å²) in [5.41, 5.74) is 14.5. The number of benzene rings is 1. The predicted octanol–water partition coefficient (Wildman–Crippen LogP) is 1.47. The van der Waals surface area contributed by atoms with Gasteiger partial charge in [-0.2, -0.15) is 0 Å². The van der Waals surface area contributed by atoms with Crippen LogP contribution in [0.2, 0.25) is 0 Å². The van der Waals surface area contributed by atoms with Crippen LogP contribution in [-0.4, -0.2) is 12.6 Å². The van der Waals surface area contributed by atoms with Gasteiger partial charge in [-0.3, -0.25) is 0 Å². The standard InChI is InChI=1S/C13H20N2/c14-9-13(15)8-10-5-6-11-3-1-2-4-12(11)7-10/h1-4,10,13H,5-9,14-15H2. The second-order valence-corrected chi connectivity index (χ2v) is 4.61. The zero-order chi connectivity index (χ0) is 10.7. The second kappa shape index (κ2) is 4.77. The van der Waals surface area contributed by atoms with Crippen molar-refractivity contribution >= 4 is 0 Å². The van der Waals surface area contributed by atoms with Gasteiger partial charge < -0.3 is 11.5 Å². The number of hydrogen-bond acceptors (Lipinski definition) is 2. The molecule has 0 radical (unpaired) electrons. The fourth-order valence-electron chi connectivity index (χ4n) is 2.50. The Morgan fingerprint density at radius 1 is 1.27 bits per heavy atom. The molecule has 15 heavy (non-hydrogen) atoms. The first-order valence-corrected chi connectivity index (χ1v) is 5.82. The maximum absolute atomic E-state index is 5.90. The maximum Gasteiger partial charge on any atom is 0.0165 e. The molecule has 0 amide bonds. The Kier molecular flexibility index (Phi) is 3.39. The number of rotatable bonds is 3. The first-order valence-electron chi connectivity index (χ1n) is 5.82.